The number of halogens is 6. The Hall–Kier alpha value is -4.74. The molecule has 0 saturated carbocycles. The predicted molar refractivity (Wildman–Crippen MR) is 137 cm³/mol. The van der Waals surface area contributed by atoms with E-state index in [1.807, 2.05) is 0 Å². The molecule has 0 saturated heterocycles. The van der Waals surface area contributed by atoms with Crippen LogP contribution in [0.3, 0.4) is 0 Å². The van der Waals surface area contributed by atoms with Crippen LogP contribution in [0.25, 0.3) is 0 Å². The third-order valence-corrected chi connectivity index (χ3v) is 6.42. The zero-order valence-electron chi connectivity index (χ0n) is 21.1. The maximum Gasteiger partial charge on any atom is 0.411 e. The number of pyridine rings is 2. The molecule has 4 rings (SSSR count). The Labute approximate surface area is 230 Å². The van der Waals surface area contributed by atoms with Gasteiger partial charge in [-0.15, -0.1) is 0 Å². The lowest BCUT2D eigenvalue weighted by Gasteiger charge is -2.38. The van der Waals surface area contributed by atoms with Gasteiger partial charge in [-0.1, -0.05) is 24.3 Å². The van der Waals surface area contributed by atoms with Crippen LogP contribution in [0.15, 0.2) is 97.6 Å². The fourth-order valence-electron chi connectivity index (χ4n) is 4.30. The van der Waals surface area contributed by atoms with Gasteiger partial charge in [0.05, 0.1) is 0 Å². The molecule has 0 unspecified atom stereocenters. The van der Waals surface area contributed by atoms with Gasteiger partial charge in [0.2, 0.25) is 5.41 Å². The number of nitrogens with one attached hydrogen (secondary N) is 2. The van der Waals surface area contributed by atoms with Crippen LogP contribution in [0.4, 0.5) is 26.3 Å². The molecule has 6 nitrogen and oxygen atoms in total. The zero-order chi connectivity index (χ0) is 29.7. The van der Waals surface area contributed by atoms with Gasteiger partial charge in [-0.05, 0) is 70.8 Å². The van der Waals surface area contributed by atoms with Crippen molar-refractivity contribution >= 4 is 11.8 Å². The number of nitrogens with zero attached hydrogens (tertiary/aromatic N) is 2. The SMILES string of the molecule is O=C(NCc1ccncc1)c1ccc(C(c2ccc(C(=O)NCc3ccncc3)cc2)(C(F)(F)F)C(F)(F)F)cc1. The first-order valence-electron chi connectivity index (χ1n) is 12.1. The summed E-state index contributed by atoms with van der Waals surface area (Å²) in [5.41, 5.74) is -5.51. The van der Waals surface area contributed by atoms with E-state index in [1.54, 1.807) is 24.3 Å². The van der Waals surface area contributed by atoms with Crippen LogP contribution >= 0.6 is 0 Å². The van der Waals surface area contributed by atoms with E-state index < -0.39 is 40.7 Å². The van der Waals surface area contributed by atoms with Gasteiger partial charge in [0.25, 0.3) is 11.8 Å². The molecule has 2 heterocycles. The van der Waals surface area contributed by atoms with E-state index in [9.17, 15) is 35.9 Å². The highest BCUT2D eigenvalue weighted by atomic mass is 19.4. The molecule has 212 valence electrons. The topological polar surface area (TPSA) is 84.0 Å². The lowest BCUT2D eigenvalue weighted by molar-refractivity contribution is -0.288. The summed E-state index contributed by atoms with van der Waals surface area (Å²) in [6.07, 6.45) is -5.61. The van der Waals surface area contributed by atoms with Crippen LogP contribution in [0.2, 0.25) is 0 Å². The molecule has 41 heavy (non-hydrogen) atoms. The summed E-state index contributed by atoms with van der Waals surface area (Å²) in [5.74, 6) is -1.36. The summed E-state index contributed by atoms with van der Waals surface area (Å²) in [6.45, 7) is 0.168. The van der Waals surface area contributed by atoms with E-state index in [0.717, 1.165) is 24.3 Å². The van der Waals surface area contributed by atoms with Gasteiger partial charge in [0, 0.05) is 49.0 Å². The maximum absolute atomic E-state index is 14.5. The van der Waals surface area contributed by atoms with Gasteiger partial charge in [-0.25, -0.2) is 0 Å². The minimum atomic E-state index is -5.82. The number of rotatable bonds is 8. The number of amides is 2. The second kappa shape index (κ2) is 11.8. The molecular weight excluding hydrogens is 550 g/mol. The first kappa shape index (κ1) is 29.2. The summed E-state index contributed by atoms with van der Waals surface area (Å²) in [6, 6.07) is 12.7. The molecule has 0 aliphatic carbocycles. The molecule has 2 amide bonds. The number of hydrogen-bond acceptors (Lipinski definition) is 4. The van der Waals surface area contributed by atoms with E-state index in [1.165, 1.54) is 24.8 Å². The lowest BCUT2D eigenvalue weighted by Crippen LogP contribution is -2.54. The predicted octanol–water partition coefficient (Wildman–Crippen LogP) is 5.75. The third-order valence-electron chi connectivity index (χ3n) is 6.42. The number of carbonyl (C=O) groups excluding carboxylic acids is 2. The molecule has 12 heteroatoms. The van der Waals surface area contributed by atoms with Crippen molar-refractivity contribution in [2.75, 3.05) is 0 Å². The van der Waals surface area contributed by atoms with Gasteiger partial charge >= 0.3 is 12.4 Å². The molecule has 0 atom stereocenters. The van der Waals surface area contributed by atoms with Gasteiger partial charge in [0.15, 0.2) is 0 Å². The highest BCUT2D eigenvalue weighted by molar-refractivity contribution is 5.94. The Bertz CT molecular complexity index is 1360. The molecule has 2 N–H and O–H groups in total. The first-order valence-corrected chi connectivity index (χ1v) is 12.1. The standard InChI is InChI=1S/C29H22F6N4O2/c30-28(31,32)27(29(33,34)35,23-5-1-21(2-6-23)25(40)38-17-19-9-13-36-14-10-19)24-7-3-22(4-8-24)26(41)39-18-20-11-15-37-16-12-20/h1-16H,17-18H2,(H,38,40)(H,39,41). The normalized spacial score (nSPS) is 12.0. The summed E-state index contributed by atoms with van der Waals surface area (Å²) in [5, 5.41) is 5.10. The largest absolute Gasteiger partial charge is 0.411 e. The van der Waals surface area contributed by atoms with Crippen molar-refractivity contribution in [2.24, 2.45) is 0 Å². The average Bonchev–Trinajstić information content (AvgIpc) is 2.95. The highest BCUT2D eigenvalue weighted by Gasteiger charge is 2.72. The number of alkyl halides is 6. The van der Waals surface area contributed by atoms with Crippen LogP contribution in [0.5, 0.6) is 0 Å². The van der Waals surface area contributed by atoms with Crippen molar-refractivity contribution in [3.63, 3.8) is 0 Å². The fourth-order valence-corrected chi connectivity index (χ4v) is 4.30. The Morgan fingerprint density at radius 1 is 0.537 bits per heavy atom. The van der Waals surface area contributed by atoms with E-state index in [-0.39, 0.29) is 24.2 Å². The second-order valence-electron chi connectivity index (χ2n) is 8.98. The van der Waals surface area contributed by atoms with Crippen LogP contribution in [-0.4, -0.2) is 34.1 Å². The first-order chi connectivity index (χ1) is 19.4. The molecule has 0 radical (unpaired) electrons. The van der Waals surface area contributed by atoms with Crippen molar-refractivity contribution in [2.45, 2.75) is 30.9 Å². The Balaban J connectivity index is 1.62. The molecule has 0 aliphatic rings. The van der Waals surface area contributed by atoms with Gasteiger partial charge in [0.1, 0.15) is 0 Å². The van der Waals surface area contributed by atoms with E-state index in [2.05, 4.69) is 20.6 Å². The quantitative estimate of drug-likeness (QED) is 0.264. The Morgan fingerprint density at radius 2 is 0.854 bits per heavy atom. The molecule has 4 aromatic rings. The Kier molecular flexibility index (Phi) is 8.41. The van der Waals surface area contributed by atoms with E-state index >= 15 is 0 Å². The third kappa shape index (κ3) is 6.21. The van der Waals surface area contributed by atoms with Crippen LogP contribution in [0, 0.1) is 0 Å². The smallest absolute Gasteiger partial charge is 0.348 e. The van der Waals surface area contributed by atoms with Gasteiger partial charge in [-0.3, -0.25) is 19.6 Å². The minimum absolute atomic E-state index is 0.0840. The number of benzene rings is 2. The highest BCUT2D eigenvalue weighted by Crippen LogP contribution is 2.56. The van der Waals surface area contributed by atoms with Crippen molar-refractivity contribution in [1.82, 2.24) is 20.6 Å². The molecule has 2 aromatic carbocycles. The maximum atomic E-state index is 14.5. The number of aromatic nitrogens is 2. The Morgan fingerprint density at radius 3 is 1.15 bits per heavy atom. The summed E-state index contributed by atoms with van der Waals surface area (Å²) >= 11 is 0. The second-order valence-corrected chi connectivity index (χ2v) is 8.98. The fraction of sp³-hybridized carbons (Fsp3) is 0.172. The van der Waals surface area contributed by atoms with Gasteiger partial charge < -0.3 is 10.6 Å². The molecule has 0 fully saturated rings. The van der Waals surface area contributed by atoms with Crippen LogP contribution in [-0.2, 0) is 18.5 Å². The molecule has 2 aromatic heterocycles. The number of carbonyl (C=O) groups is 2. The summed E-state index contributed by atoms with van der Waals surface area (Å²) in [7, 11) is 0. The lowest BCUT2D eigenvalue weighted by atomic mass is 9.72. The average molecular weight is 573 g/mol. The van der Waals surface area contributed by atoms with E-state index in [0.29, 0.717) is 35.4 Å². The minimum Gasteiger partial charge on any atom is -0.348 e. The van der Waals surface area contributed by atoms with Gasteiger partial charge in [-0.2, -0.15) is 26.3 Å². The zero-order valence-corrected chi connectivity index (χ0v) is 21.1. The molecule has 0 spiro atoms. The monoisotopic (exact) mass is 572 g/mol. The molecule has 0 bridgehead atoms. The molecular formula is C29H22F6N4O2. The van der Waals surface area contributed by atoms with Crippen molar-refractivity contribution < 1.29 is 35.9 Å². The van der Waals surface area contributed by atoms with E-state index in [4.69, 9.17) is 0 Å². The van der Waals surface area contributed by atoms with Crippen LogP contribution < -0.4 is 10.6 Å². The van der Waals surface area contributed by atoms with Crippen molar-refractivity contribution in [3.8, 4) is 0 Å². The summed E-state index contributed by atoms with van der Waals surface area (Å²) < 4.78 is 86.9. The van der Waals surface area contributed by atoms with Crippen LogP contribution in [0.1, 0.15) is 43.0 Å². The summed E-state index contributed by atoms with van der Waals surface area (Å²) in [4.78, 5) is 32.6. The number of hydrogen-bond donors (Lipinski definition) is 2. The molecule has 0 aliphatic heterocycles. The van der Waals surface area contributed by atoms with Crippen molar-refractivity contribution in [3.05, 3.63) is 131 Å². The van der Waals surface area contributed by atoms with Crippen molar-refractivity contribution in [1.29, 1.82) is 0 Å².